The second-order valence-corrected chi connectivity index (χ2v) is 11.4. The van der Waals surface area contributed by atoms with Crippen LogP contribution in [0.5, 0.6) is 0 Å². The Labute approximate surface area is 166 Å². The summed E-state index contributed by atoms with van der Waals surface area (Å²) in [6.07, 6.45) is 1.73. The van der Waals surface area contributed by atoms with Crippen LogP contribution in [0.15, 0.2) is 29.2 Å². The minimum absolute atomic E-state index is 0.00483. The molecule has 2 fully saturated rings. The normalized spacial score (nSPS) is 24.5. The summed E-state index contributed by atoms with van der Waals surface area (Å²) in [5, 5.41) is 2.66. The third kappa shape index (κ3) is 5.11. The molecule has 2 heterocycles. The number of hydrogen-bond donors (Lipinski definition) is 1. The first-order valence-electron chi connectivity index (χ1n) is 9.35. The Hall–Kier alpha value is -1.49. The van der Waals surface area contributed by atoms with Gasteiger partial charge >= 0.3 is 0 Å². The standard InChI is InChI=1S/C18H26N2O6S2/c1-14(21)19-11-15-4-6-18(7-5-15)28(24,25)20(12-17-3-2-9-26-17)16-8-10-27(22,23)13-16/h4-7,16-17H,2-3,8-13H2,1H3,(H,19,21)/t16-,17-/m1/s1. The van der Waals surface area contributed by atoms with E-state index in [0.29, 0.717) is 19.6 Å². The molecule has 0 bridgehead atoms. The zero-order valence-corrected chi connectivity index (χ0v) is 17.5. The fraction of sp³-hybridized carbons (Fsp3) is 0.611. The zero-order valence-electron chi connectivity index (χ0n) is 15.8. The Morgan fingerprint density at radius 3 is 2.50 bits per heavy atom. The van der Waals surface area contributed by atoms with Crippen LogP contribution in [0.2, 0.25) is 0 Å². The number of benzene rings is 1. The summed E-state index contributed by atoms with van der Waals surface area (Å²) in [4.78, 5) is 11.1. The van der Waals surface area contributed by atoms with Crippen molar-refractivity contribution in [1.29, 1.82) is 0 Å². The summed E-state index contributed by atoms with van der Waals surface area (Å²) in [6.45, 7) is 2.49. The van der Waals surface area contributed by atoms with Crippen molar-refractivity contribution < 1.29 is 26.4 Å². The lowest BCUT2D eigenvalue weighted by Gasteiger charge is -2.29. The summed E-state index contributed by atoms with van der Waals surface area (Å²) in [6, 6.07) is 5.73. The van der Waals surface area contributed by atoms with Crippen molar-refractivity contribution in [2.75, 3.05) is 24.7 Å². The predicted octanol–water partition coefficient (Wildman–Crippen LogP) is 0.680. The minimum Gasteiger partial charge on any atom is -0.377 e. The number of rotatable bonds is 7. The van der Waals surface area contributed by atoms with Crippen molar-refractivity contribution in [1.82, 2.24) is 9.62 Å². The van der Waals surface area contributed by atoms with Crippen molar-refractivity contribution in [3.63, 3.8) is 0 Å². The van der Waals surface area contributed by atoms with Gasteiger partial charge in [0, 0.05) is 32.7 Å². The molecule has 156 valence electrons. The van der Waals surface area contributed by atoms with Crippen LogP contribution >= 0.6 is 0 Å². The van der Waals surface area contributed by atoms with Crippen molar-refractivity contribution in [2.45, 2.75) is 49.8 Å². The minimum atomic E-state index is -3.87. The SMILES string of the molecule is CC(=O)NCc1ccc(S(=O)(=O)N(C[C@H]2CCCO2)[C@@H]2CCS(=O)(=O)C2)cc1. The topological polar surface area (TPSA) is 110 Å². The average molecular weight is 431 g/mol. The highest BCUT2D eigenvalue weighted by atomic mass is 32.2. The molecule has 0 spiro atoms. The van der Waals surface area contributed by atoms with Crippen LogP contribution in [-0.2, 0) is 35.9 Å². The second kappa shape index (κ2) is 8.48. The van der Waals surface area contributed by atoms with Crippen LogP contribution < -0.4 is 5.32 Å². The molecule has 0 aliphatic carbocycles. The first-order chi connectivity index (χ1) is 13.2. The molecule has 2 aliphatic heterocycles. The number of hydrogen-bond acceptors (Lipinski definition) is 6. The lowest BCUT2D eigenvalue weighted by Crippen LogP contribution is -2.45. The van der Waals surface area contributed by atoms with Gasteiger partial charge in [0.25, 0.3) is 0 Å². The number of carbonyl (C=O) groups excluding carboxylic acids is 1. The van der Waals surface area contributed by atoms with E-state index in [1.807, 2.05) is 0 Å². The van der Waals surface area contributed by atoms with E-state index in [4.69, 9.17) is 4.74 Å². The molecule has 1 amide bonds. The average Bonchev–Trinajstić information content (AvgIpc) is 3.27. The number of ether oxygens (including phenoxy) is 1. The highest BCUT2D eigenvalue weighted by molar-refractivity contribution is 7.92. The fourth-order valence-electron chi connectivity index (χ4n) is 3.58. The van der Waals surface area contributed by atoms with Crippen molar-refractivity contribution in [3.8, 4) is 0 Å². The van der Waals surface area contributed by atoms with Crippen LogP contribution in [0.1, 0.15) is 31.7 Å². The Morgan fingerprint density at radius 2 is 1.96 bits per heavy atom. The molecule has 2 atom stereocenters. The Kier molecular flexibility index (Phi) is 6.43. The van der Waals surface area contributed by atoms with Crippen LogP contribution in [0, 0.1) is 0 Å². The fourth-order valence-corrected chi connectivity index (χ4v) is 7.09. The molecule has 3 rings (SSSR count). The third-order valence-corrected chi connectivity index (χ3v) is 8.78. The van der Waals surface area contributed by atoms with Gasteiger partial charge in [-0.1, -0.05) is 12.1 Å². The maximum absolute atomic E-state index is 13.3. The van der Waals surface area contributed by atoms with Crippen LogP contribution in [0.25, 0.3) is 0 Å². The molecular formula is C18H26N2O6S2. The molecule has 0 unspecified atom stereocenters. The van der Waals surface area contributed by atoms with Gasteiger partial charge in [-0.05, 0) is 37.0 Å². The van der Waals surface area contributed by atoms with Gasteiger partial charge in [-0.25, -0.2) is 16.8 Å². The van der Waals surface area contributed by atoms with Crippen molar-refractivity contribution in [3.05, 3.63) is 29.8 Å². The molecule has 1 N–H and O–H groups in total. The van der Waals surface area contributed by atoms with E-state index in [0.717, 1.165) is 18.4 Å². The molecule has 28 heavy (non-hydrogen) atoms. The van der Waals surface area contributed by atoms with Gasteiger partial charge in [-0.15, -0.1) is 0 Å². The van der Waals surface area contributed by atoms with E-state index < -0.39 is 25.9 Å². The molecule has 10 heteroatoms. The highest BCUT2D eigenvalue weighted by Crippen LogP contribution is 2.27. The van der Waals surface area contributed by atoms with E-state index in [1.165, 1.54) is 23.4 Å². The molecule has 1 aromatic carbocycles. The molecular weight excluding hydrogens is 404 g/mol. The molecule has 2 saturated heterocycles. The largest absolute Gasteiger partial charge is 0.377 e. The summed E-state index contributed by atoms with van der Waals surface area (Å²) in [7, 11) is -7.09. The number of nitrogens with one attached hydrogen (secondary N) is 1. The lowest BCUT2D eigenvalue weighted by molar-refractivity contribution is -0.119. The van der Waals surface area contributed by atoms with Crippen LogP contribution in [-0.4, -0.2) is 63.9 Å². The number of carbonyl (C=O) groups is 1. The van der Waals surface area contributed by atoms with E-state index >= 15 is 0 Å². The maximum Gasteiger partial charge on any atom is 0.243 e. The lowest BCUT2D eigenvalue weighted by atomic mass is 10.2. The smallest absolute Gasteiger partial charge is 0.243 e. The summed E-state index contributed by atoms with van der Waals surface area (Å²) >= 11 is 0. The monoisotopic (exact) mass is 430 g/mol. The summed E-state index contributed by atoms with van der Waals surface area (Å²) in [5.41, 5.74) is 0.781. The first kappa shape index (κ1) is 21.2. The molecule has 0 radical (unpaired) electrons. The molecule has 2 aliphatic rings. The molecule has 1 aromatic rings. The quantitative estimate of drug-likeness (QED) is 0.681. The van der Waals surface area contributed by atoms with E-state index in [9.17, 15) is 21.6 Å². The van der Waals surface area contributed by atoms with Crippen LogP contribution in [0.4, 0.5) is 0 Å². The van der Waals surface area contributed by atoms with E-state index in [1.54, 1.807) is 12.1 Å². The van der Waals surface area contributed by atoms with Gasteiger partial charge in [-0.3, -0.25) is 4.79 Å². The third-order valence-electron chi connectivity index (χ3n) is 5.09. The summed E-state index contributed by atoms with van der Waals surface area (Å²) < 4.78 is 57.4. The Morgan fingerprint density at radius 1 is 1.25 bits per heavy atom. The summed E-state index contributed by atoms with van der Waals surface area (Å²) in [5.74, 6) is -0.313. The predicted molar refractivity (Wildman–Crippen MR) is 104 cm³/mol. The zero-order chi connectivity index (χ0) is 20.4. The number of nitrogens with zero attached hydrogens (tertiary/aromatic N) is 1. The molecule has 0 saturated carbocycles. The van der Waals surface area contributed by atoms with E-state index in [2.05, 4.69) is 5.32 Å². The van der Waals surface area contributed by atoms with Gasteiger partial charge < -0.3 is 10.1 Å². The highest BCUT2D eigenvalue weighted by Gasteiger charge is 2.40. The maximum atomic E-state index is 13.3. The number of sulfone groups is 1. The molecule has 8 nitrogen and oxygen atoms in total. The van der Waals surface area contributed by atoms with Crippen molar-refractivity contribution in [2.24, 2.45) is 0 Å². The second-order valence-electron chi connectivity index (χ2n) is 7.32. The van der Waals surface area contributed by atoms with E-state index in [-0.39, 0.29) is 35.0 Å². The van der Waals surface area contributed by atoms with Gasteiger partial charge in [0.15, 0.2) is 9.84 Å². The number of sulfonamides is 1. The number of amides is 1. The Bertz CT molecular complexity index is 906. The van der Waals surface area contributed by atoms with Crippen molar-refractivity contribution >= 4 is 25.8 Å². The van der Waals surface area contributed by atoms with Gasteiger partial charge in [0.05, 0.1) is 22.5 Å². The van der Waals surface area contributed by atoms with Crippen LogP contribution in [0.3, 0.4) is 0 Å². The van der Waals surface area contributed by atoms with Gasteiger partial charge in [-0.2, -0.15) is 4.31 Å². The first-order valence-corrected chi connectivity index (χ1v) is 12.6. The molecule has 0 aromatic heterocycles. The van der Waals surface area contributed by atoms with Gasteiger partial charge in [0.2, 0.25) is 15.9 Å². The Balaban J connectivity index is 1.83. The van der Waals surface area contributed by atoms with Gasteiger partial charge in [0.1, 0.15) is 0 Å².